The van der Waals surface area contributed by atoms with Crippen molar-refractivity contribution in [3.63, 3.8) is 0 Å². The molecule has 0 atom stereocenters. The van der Waals surface area contributed by atoms with Crippen molar-refractivity contribution in [2.75, 3.05) is 24.1 Å². The average Bonchev–Trinajstić information content (AvgIpc) is 2.88. The van der Waals surface area contributed by atoms with E-state index >= 15 is 0 Å². The van der Waals surface area contributed by atoms with E-state index in [0.717, 1.165) is 15.6 Å². The van der Waals surface area contributed by atoms with Gasteiger partial charge in [-0.1, -0.05) is 32.0 Å². The zero-order valence-electron chi connectivity index (χ0n) is 20.6. The summed E-state index contributed by atoms with van der Waals surface area (Å²) in [5.41, 5.74) is 3.50. The molecule has 0 aromatic heterocycles. The van der Waals surface area contributed by atoms with Crippen LogP contribution in [-0.2, 0) is 14.8 Å². The average molecular weight is 510 g/mol. The van der Waals surface area contributed by atoms with Gasteiger partial charge in [0.1, 0.15) is 18.0 Å². The molecule has 0 saturated carbocycles. The SMILES string of the molecule is CCOc1ccc(N(CC(=O)N/N=C\c2ccc(OCC(C)C)cc2)S(=O)(=O)c2ccccc2)cc1. The summed E-state index contributed by atoms with van der Waals surface area (Å²) < 4.78 is 38.9. The fourth-order valence-electron chi connectivity index (χ4n) is 3.17. The maximum Gasteiger partial charge on any atom is 0.264 e. The van der Waals surface area contributed by atoms with Gasteiger partial charge in [-0.15, -0.1) is 0 Å². The number of carbonyl (C=O) groups excluding carboxylic acids is 1. The molecular weight excluding hydrogens is 478 g/mol. The lowest BCUT2D eigenvalue weighted by Gasteiger charge is -2.24. The number of carbonyl (C=O) groups is 1. The highest BCUT2D eigenvalue weighted by molar-refractivity contribution is 7.92. The predicted molar refractivity (Wildman–Crippen MR) is 141 cm³/mol. The molecule has 0 heterocycles. The summed E-state index contributed by atoms with van der Waals surface area (Å²) in [7, 11) is -4.00. The minimum absolute atomic E-state index is 0.0787. The lowest BCUT2D eigenvalue weighted by Crippen LogP contribution is -2.39. The quantitative estimate of drug-likeness (QED) is 0.287. The number of rotatable bonds is 12. The first-order chi connectivity index (χ1) is 17.3. The second kappa shape index (κ2) is 12.7. The highest BCUT2D eigenvalue weighted by Gasteiger charge is 2.27. The summed E-state index contributed by atoms with van der Waals surface area (Å²) in [6.07, 6.45) is 1.48. The van der Waals surface area contributed by atoms with E-state index in [-0.39, 0.29) is 4.90 Å². The van der Waals surface area contributed by atoms with Gasteiger partial charge in [-0.2, -0.15) is 5.10 Å². The Balaban J connectivity index is 1.72. The number of benzene rings is 3. The second-order valence-corrected chi connectivity index (χ2v) is 10.2. The third-order valence-corrected chi connectivity index (χ3v) is 6.71. The molecule has 0 aliphatic heterocycles. The molecule has 0 spiro atoms. The van der Waals surface area contributed by atoms with E-state index in [1.165, 1.54) is 18.3 Å². The third-order valence-electron chi connectivity index (χ3n) is 4.92. The second-order valence-electron chi connectivity index (χ2n) is 8.32. The first-order valence-electron chi connectivity index (χ1n) is 11.6. The van der Waals surface area contributed by atoms with Gasteiger partial charge in [0.15, 0.2) is 0 Å². The molecule has 36 heavy (non-hydrogen) atoms. The summed E-state index contributed by atoms with van der Waals surface area (Å²) in [5, 5.41) is 3.98. The van der Waals surface area contributed by atoms with Crippen molar-refractivity contribution in [1.29, 1.82) is 0 Å². The normalized spacial score (nSPS) is 11.4. The highest BCUT2D eigenvalue weighted by Crippen LogP contribution is 2.25. The summed E-state index contributed by atoms with van der Waals surface area (Å²) >= 11 is 0. The smallest absolute Gasteiger partial charge is 0.264 e. The maximum atomic E-state index is 13.4. The van der Waals surface area contributed by atoms with Crippen molar-refractivity contribution in [1.82, 2.24) is 5.43 Å². The molecule has 1 N–H and O–H groups in total. The number of sulfonamides is 1. The molecule has 3 aromatic rings. The van der Waals surface area contributed by atoms with Gasteiger partial charge in [0, 0.05) is 0 Å². The molecular formula is C27H31N3O5S. The van der Waals surface area contributed by atoms with Crippen LogP contribution in [0.4, 0.5) is 5.69 Å². The van der Waals surface area contributed by atoms with Gasteiger partial charge in [-0.05, 0) is 79.1 Å². The summed E-state index contributed by atoms with van der Waals surface area (Å²) in [4.78, 5) is 12.8. The minimum atomic E-state index is -4.00. The van der Waals surface area contributed by atoms with Crippen LogP contribution in [0.3, 0.4) is 0 Å². The Morgan fingerprint density at radius 2 is 1.56 bits per heavy atom. The molecule has 0 aliphatic carbocycles. The summed E-state index contributed by atoms with van der Waals surface area (Å²) in [6, 6.07) is 21.8. The van der Waals surface area contributed by atoms with Gasteiger partial charge in [0.05, 0.1) is 30.0 Å². The van der Waals surface area contributed by atoms with Crippen LogP contribution in [-0.4, -0.2) is 40.3 Å². The topological polar surface area (TPSA) is 97.3 Å². The van der Waals surface area contributed by atoms with Crippen LogP contribution in [0.2, 0.25) is 0 Å². The van der Waals surface area contributed by atoms with Crippen LogP contribution >= 0.6 is 0 Å². The van der Waals surface area contributed by atoms with E-state index in [1.54, 1.807) is 42.5 Å². The van der Waals surface area contributed by atoms with Crippen molar-refractivity contribution < 1.29 is 22.7 Å². The van der Waals surface area contributed by atoms with Gasteiger partial charge in [-0.25, -0.2) is 13.8 Å². The summed E-state index contributed by atoms with van der Waals surface area (Å²) in [6.45, 7) is 6.67. The number of hydrazone groups is 1. The van der Waals surface area contributed by atoms with E-state index in [0.29, 0.717) is 30.6 Å². The van der Waals surface area contributed by atoms with Gasteiger partial charge in [0.25, 0.3) is 15.9 Å². The Labute approximate surface area is 212 Å². The van der Waals surface area contributed by atoms with Crippen LogP contribution in [0.25, 0.3) is 0 Å². The fraction of sp³-hybridized carbons (Fsp3) is 0.259. The van der Waals surface area contributed by atoms with Gasteiger partial charge < -0.3 is 9.47 Å². The lowest BCUT2D eigenvalue weighted by atomic mass is 10.2. The summed E-state index contributed by atoms with van der Waals surface area (Å²) in [5.74, 6) is 1.20. The van der Waals surface area contributed by atoms with Crippen LogP contribution in [0.1, 0.15) is 26.3 Å². The Morgan fingerprint density at radius 3 is 2.17 bits per heavy atom. The number of nitrogens with zero attached hydrogens (tertiary/aromatic N) is 2. The van der Waals surface area contributed by atoms with Crippen molar-refractivity contribution in [2.45, 2.75) is 25.7 Å². The Morgan fingerprint density at radius 1 is 0.944 bits per heavy atom. The molecule has 3 rings (SSSR count). The first kappa shape index (κ1) is 26.7. The van der Waals surface area contributed by atoms with Crippen molar-refractivity contribution >= 4 is 27.8 Å². The molecule has 0 saturated heterocycles. The Hall–Kier alpha value is -3.85. The first-order valence-corrected chi connectivity index (χ1v) is 13.1. The number of hydrogen-bond acceptors (Lipinski definition) is 6. The molecule has 190 valence electrons. The molecule has 9 heteroatoms. The number of amides is 1. The molecule has 3 aromatic carbocycles. The van der Waals surface area contributed by atoms with E-state index in [1.807, 2.05) is 31.2 Å². The monoisotopic (exact) mass is 509 g/mol. The van der Waals surface area contributed by atoms with Crippen molar-refractivity contribution in [3.8, 4) is 11.5 Å². The Bertz CT molecular complexity index is 1240. The van der Waals surface area contributed by atoms with Crippen LogP contribution in [0.5, 0.6) is 11.5 Å². The molecule has 0 unspecified atom stereocenters. The van der Waals surface area contributed by atoms with Gasteiger partial charge in [-0.3, -0.25) is 9.10 Å². The molecule has 8 nitrogen and oxygen atoms in total. The lowest BCUT2D eigenvalue weighted by molar-refractivity contribution is -0.119. The predicted octanol–water partition coefficient (Wildman–Crippen LogP) is 4.47. The molecule has 0 fully saturated rings. The van der Waals surface area contributed by atoms with E-state index in [9.17, 15) is 13.2 Å². The van der Waals surface area contributed by atoms with Crippen LogP contribution in [0, 0.1) is 5.92 Å². The van der Waals surface area contributed by atoms with Crippen LogP contribution < -0.4 is 19.2 Å². The van der Waals surface area contributed by atoms with Crippen LogP contribution in [0.15, 0.2) is 88.9 Å². The standard InChI is InChI=1S/C27H31N3O5S/c1-4-34-24-16-12-23(13-17-24)30(36(32,33)26-8-6-5-7-9-26)19-27(31)29-28-18-22-10-14-25(15-11-22)35-20-21(2)3/h5-18,21H,4,19-20H2,1-3H3,(H,29,31)/b28-18-. The van der Waals surface area contributed by atoms with E-state index in [2.05, 4.69) is 24.4 Å². The number of anilines is 1. The van der Waals surface area contributed by atoms with Crippen molar-refractivity contribution in [2.24, 2.45) is 11.0 Å². The molecule has 1 amide bonds. The zero-order valence-corrected chi connectivity index (χ0v) is 21.4. The van der Waals surface area contributed by atoms with Gasteiger partial charge in [0.2, 0.25) is 0 Å². The molecule has 0 aliphatic rings. The zero-order chi connectivity index (χ0) is 26.0. The Kier molecular flexibility index (Phi) is 9.46. The van der Waals surface area contributed by atoms with Gasteiger partial charge >= 0.3 is 0 Å². The van der Waals surface area contributed by atoms with E-state index < -0.39 is 22.5 Å². The number of nitrogens with one attached hydrogen (secondary N) is 1. The molecule has 0 bridgehead atoms. The third kappa shape index (κ3) is 7.58. The number of ether oxygens (including phenoxy) is 2. The van der Waals surface area contributed by atoms with Crippen molar-refractivity contribution in [3.05, 3.63) is 84.4 Å². The van der Waals surface area contributed by atoms with E-state index in [4.69, 9.17) is 9.47 Å². The molecule has 0 radical (unpaired) electrons. The maximum absolute atomic E-state index is 13.4. The number of hydrogen-bond donors (Lipinski definition) is 1. The fourth-order valence-corrected chi connectivity index (χ4v) is 4.61. The minimum Gasteiger partial charge on any atom is -0.494 e. The largest absolute Gasteiger partial charge is 0.494 e. The highest BCUT2D eigenvalue weighted by atomic mass is 32.2.